The third-order valence-corrected chi connectivity index (χ3v) is 5.05. The minimum Gasteiger partial charge on any atom is -0.497 e. The van der Waals surface area contributed by atoms with Crippen LogP contribution in [0.15, 0.2) is 52.1 Å². The van der Waals surface area contributed by atoms with Gasteiger partial charge in [0, 0.05) is 6.07 Å². The molecule has 0 aliphatic heterocycles. The lowest BCUT2D eigenvalue weighted by atomic mass is 10.2. The van der Waals surface area contributed by atoms with Crippen molar-refractivity contribution in [3.05, 3.63) is 42.5 Å². The summed E-state index contributed by atoms with van der Waals surface area (Å²) in [6, 6.07) is 12.8. The first kappa shape index (κ1) is 18.1. The van der Waals surface area contributed by atoms with E-state index in [-0.39, 0.29) is 11.2 Å². The Hall–Kier alpha value is -2.67. The Morgan fingerprint density at radius 3 is 2.73 bits per heavy atom. The van der Waals surface area contributed by atoms with Gasteiger partial charge in [-0.2, -0.15) is 0 Å². The number of fused-ring (bicyclic) bond motifs is 1. The van der Waals surface area contributed by atoms with Crippen LogP contribution in [0.3, 0.4) is 0 Å². The Labute approximate surface area is 155 Å². The van der Waals surface area contributed by atoms with Gasteiger partial charge in [-0.25, -0.2) is 4.98 Å². The number of methoxy groups -OCH3 is 2. The van der Waals surface area contributed by atoms with Crippen LogP contribution in [0.25, 0.3) is 11.1 Å². The molecule has 0 fully saturated rings. The van der Waals surface area contributed by atoms with Gasteiger partial charge in [-0.3, -0.25) is 4.79 Å². The molecule has 1 N–H and O–H groups in total. The highest BCUT2D eigenvalue weighted by atomic mass is 32.2. The summed E-state index contributed by atoms with van der Waals surface area (Å²) in [6.07, 6.45) is 0.626. The van der Waals surface area contributed by atoms with Gasteiger partial charge in [0.05, 0.1) is 25.2 Å². The third-order valence-electron chi connectivity index (χ3n) is 3.85. The zero-order valence-electron chi connectivity index (χ0n) is 14.8. The second-order valence-electron chi connectivity index (χ2n) is 5.52. The first-order chi connectivity index (χ1) is 12.6. The molecule has 0 saturated heterocycles. The second kappa shape index (κ2) is 8.14. The van der Waals surface area contributed by atoms with Crippen molar-refractivity contribution in [2.24, 2.45) is 0 Å². The monoisotopic (exact) mass is 372 g/mol. The second-order valence-corrected chi connectivity index (χ2v) is 6.67. The van der Waals surface area contributed by atoms with E-state index in [9.17, 15) is 4.79 Å². The van der Waals surface area contributed by atoms with E-state index < -0.39 is 0 Å². The summed E-state index contributed by atoms with van der Waals surface area (Å²) in [5, 5.41) is 3.04. The number of hydrogen-bond donors (Lipinski definition) is 1. The summed E-state index contributed by atoms with van der Waals surface area (Å²) >= 11 is 1.30. The molecule has 6 nitrogen and oxygen atoms in total. The molecule has 1 aromatic heterocycles. The topological polar surface area (TPSA) is 73.6 Å². The van der Waals surface area contributed by atoms with E-state index in [1.165, 1.54) is 11.8 Å². The van der Waals surface area contributed by atoms with Gasteiger partial charge < -0.3 is 19.2 Å². The summed E-state index contributed by atoms with van der Waals surface area (Å²) < 4.78 is 16.2. The number of nitrogens with zero attached hydrogens (tertiary/aromatic N) is 1. The highest BCUT2D eigenvalue weighted by Gasteiger charge is 2.22. The lowest BCUT2D eigenvalue weighted by molar-refractivity contribution is -0.115. The molecular formula is C19H20N2O4S. The Morgan fingerprint density at radius 1 is 1.23 bits per heavy atom. The number of ether oxygens (including phenoxy) is 2. The number of benzene rings is 2. The zero-order chi connectivity index (χ0) is 18.5. The Kier molecular flexibility index (Phi) is 5.68. The molecule has 3 rings (SSSR count). The van der Waals surface area contributed by atoms with E-state index in [0.29, 0.717) is 34.4 Å². The number of thioether (sulfide) groups is 1. The Bertz CT molecular complexity index is 876. The molecule has 1 unspecified atom stereocenters. The maximum atomic E-state index is 12.7. The molecule has 1 heterocycles. The SMILES string of the molecule is CCC(Sc1nc2ccccc2o1)C(=O)Nc1cc(OC)ccc1OC. The lowest BCUT2D eigenvalue weighted by Crippen LogP contribution is -2.24. The molecule has 1 atom stereocenters. The molecule has 136 valence electrons. The van der Waals surface area contributed by atoms with Gasteiger partial charge in [-0.05, 0) is 30.7 Å². The predicted molar refractivity (Wildman–Crippen MR) is 102 cm³/mol. The predicted octanol–water partition coefficient (Wildman–Crippen LogP) is 4.35. The number of anilines is 1. The van der Waals surface area contributed by atoms with Crippen LogP contribution in [0.1, 0.15) is 13.3 Å². The summed E-state index contributed by atoms with van der Waals surface area (Å²) in [4.78, 5) is 17.2. The van der Waals surface area contributed by atoms with Crippen LogP contribution >= 0.6 is 11.8 Å². The number of hydrogen-bond acceptors (Lipinski definition) is 6. The Morgan fingerprint density at radius 2 is 2.04 bits per heavy atom. The summed E-state index contributed by atoms with van der Waals surface area (Å²) in [7, 11) is 3.13. The van der Waals surface area contributed by atoms with E-state index in [1.807, 2.05) is 31.2 Å². The standard InChI is InChI=1S/C19H20N2O4S/c1-4-17(26-19-21-13-7-5-6-8-16(13)25-19)18(22)20-14-11-12(23-2)9-10-15(14)24-3/h5-11,17H,4H2,1-3H3,(H,20,22). The average molecular weight is 372 g/mol. The van der Waals surface area contributed by atoms with Gasteiger partial charge in [-0.1, -0.05) is 30.8 Å². The minimum atomic E-state index is -0.348. The highest BCUT2D eigenvalue weighted by Crippen LogP contribution is 2.32. The number of aromatic nitrogens is 1. The van der Waals surface area contributed by atoms with Gasteiger partial charge >= 0.3 is 0 Å². The van der Waals surface area contributed by atoms with E-state index in [1.54, 1.807) is 32.4 Å². The number of amides is 1. The highest BCUT2D eigenvalue weighted by molar-refractivity contribution is 8.00. The number of para-hydroxylation sites is 2. The normalized spacial score (nSPS) is 12.0. The molecule has 0 spiro atoms. The van der Waals surface area contributed by atoms with Gasteiger partial charge in [0.2, 0.25) is 5.91 Å². The summed E-state index contributed by atoms with van der Waals surface area (Å²) in [6.45, 7) is 1.95. The van der Waals surface area contributed by atoms with Gasteiger partial charge in [0.15, 0.2) is 5.58 Å². The first-order valence-corrected chi connectivity index (χ1v) is 9.07. The van der Waals surface area contributed by atoms with Crippen molar-refractivity contribution in [2.45, 2.75) is 23.8 Å². The van der Waals surface area contributed by atoms with E-state index in [2.05, 4.69) is 10.3 Å². The fourth-order valence-corrected chi connectivity index (χ4v) is 3.34. The molecule has 0 aliphatic carbocycles. The van der Waals surface area contributed by atoms with E-state index >= 15 is 0 Å². The van der Waals surface area contributed by atoms with E-state index in [0.717, 1.165) is 5.52 Å². The van der Waals surface area contributed by atoms with Crippen molar-refractivity contribution < 1.29 is 18.7 Å². The van der Waals surface area contributed by atoms with Crippen LogP contribution in [-0.2, 0) is 4.79 Å². The fourth-order valence-electron chi connectivity index (χ4n) is 2.47. The number of nitrogens with one attached hydrogen (secondary N) is 1. The minimum absolute atomic E-state index is 0.147. The molecule has 0 bridgehead atoms. The fraction of sp³-hybridized carbons (Fsp3) is 0.263. The molecule has 0 saturated carbocycles. The van der Waals surface area contributed by atoms with Crippen molar-refractivity contribution in [2.75, 3.05) is 19.5 Å². The molecule has 3 aromatic rings. The van der Waals surface area contributed by atoms with Crippen LogP contribution in [0.2, 0.25) is 0 Å². The van der Waals surface area contributed by atoms with Crippen molar-refractivity contribution in [1.29, 1.82) is 0 Å². The van der Waals surface area contributed by atoms with Crippen molar-refractivity contribution in [1.82, 2.24) is 4.98 Å². The van der Waals surface area contributed by atoms with Crippen LogP contribution in [0.4, 0.5) is 5.69 Å². The maximum absolute atomic E-state index is 12.7. The van der Waals surface area contributed by atoms with Crippen molar-refractivity contribution in [3.63, 3.8) is 0 Å². The van der Waals surface area contributed by atoms with Crippen molar-refractivity contribution >= 4 is 34.5 Å². The lowest BCUT2D eigenvalue weighted by Gasteiger charge is -2.15. The largest absolute Gasteiger partial charge is 0.497 e. The Balaban J connectivity index is 1.76. The van der Waals surface area contributed by atoms with E-state index in [4.69, 9.17) is 13.9 Å². The van der Waals surface area contributed by atoms with Crippen LogP contribution in [0.5, 0.6) is 11.5 Å². The molecule has 1 amide bonds. The number of oxazole rings is 1. The first-order valence-electron chi connectivity index (χ1n) is 8.19. The maximum Gasteiger partial charge on any atom is 0.257 e. The molecule has 7 heteroatoms. The third kappa shape index (κ3) is 3.94. The zero-order valence-corrected chi connectivity index (χ0v) is 15.6. The van der Waals surface area contributed by atoms with Crippen LogP contribution in [-0.4, -0.2) is 30.4 Å². The van der Waals surface area contributed by atoms with Crippen molar-refractivity contribution in [3.8, 4) is 11.5 Å². The number of carbonyl (C=O) groups is 1. The van der Waals surface area contributed by atoms with Gasteiger partial charge in [0.25, 0.3) is 5.22 Å². The molecular weight excluding hydrogens is 352 g/mol. The number of carbonyl (C=O) groups excluding carboxylic acids is 1. The molecule has 2 aromatic carbocycles. The number of rotatable bonds is 7. The smallest absolute Gasteiger partial charge is 0.257 e. The van der Waals surface area contributed by atoms with Crippen LogP contribution in [0, 0.1) is 0 Å². The molecule has 26 heavy (non-hydrogen) atoms. The molecule has 0 radical (unpaired) electrons. The van der Waals surface area contributed by atoms with Gasteiger partial charge in [0.1, 0.15) is 17.0 Å². The average Bonchev–Trinajstić information content (AvgIpc) is 3.08. The van der Waals surface area contributed by atoms with Gasteiger partial charge in [-0.15, -0.1) is 0 Å². The summed E-state index contributed by atoms with van der Waals surface area (Å²) in [5.74, 6) is 1.06. The quantitative estimate of drug-likeness (QED) is 0.622. The van der Waals surface area contributed by atoms with Crippen LogP contribution < -0.4 is 14.8 Å². The summed E-state index contributed by atoms with van der Waals surface area (Å²) in [5.41, 5.74) is 2.05. The molecule has 0 aliphatic rings.